The molecule has 0 bridgehead atoms. The molecule has 110 valence electrons. The molecule has 0 unspecified atom stereocenters. The maximum Gasteiger partial charge on any atom is 0.261 e. The summed E-state index contributed by atoms with van der Waals surface area (Å²) < 4.78 is 0. The average molecular weight is 323 g/mol. The highest BCUT2D eigenvalue weighted by atomic mass is 35.5. The van der Waals surface area contributed by atoms with E-state index in [1.165, 1.54) is 11.3 Å². The van der Waals surface area contributed by atoms with Gasteiger partial charge in [-0.2, -0.15) is 0 Å². The molecule has 0 atom stereocenters. The van der Waals surface area contributed by atoms with Gasteiger partial charge in [-0.3, -0.25) is 9.59 Å². The highest BCUT2D eigenvalue weighted by Crippen LogP contribution is 2.14. The van der Waals surface area contributed by atoms with Gasteiger partial charge in [0.15, 0.2) is 0 Å². The summed E-state index contributed by atoms with van der Waals surface area (Å²) in [5, 5.41) is 7.95. The lowest BCUT2D eigenvalue weighted by molar-refractivity contribution is -0.121. The highest BCUT2D eigenvalue weighted by molar-refractivity contribution is 7.12. The van der Waals surface area contributed by atoms with E-state index in [1.807, 2.05) is 29.6 Å². The first-order valence-corrected chi connectivity index (χ1v) is 7.74. The van der Waals surface area contributed by atoms with Crippen LogP contribution < -0.4 is 10.6 Å². The van der Waals surface area contributed by atoms with Crippen LogP contribution in [0.1, 0.15) is 21.7 Å². The van der Waals surface area contributed by atoms with Gasteiger partial charge in [0, 0.05) is 24.5 Å². The molecule has 0 radical (unpaired) electrons. The molecule has 1 aromatic carbocycles. The Morgan fingerprint density at radius 1 is 1.10 bits per heavy atom. The van der Waals surface area contributed by atoms with Crippen molar-refractivity contribution in [2.24, 2.45) is 0 Å². The van der Waals surface area contributed by atoms with Crippen molar-refractivity contribution in [3.8, 4) is 0 Å². The van der Waals surface area contributed by atoms with Gasteiger partial charge in [-0.25, -0.2) is 0 Å². The minimum Gasteiger partial charge on any atom is -0.352 e. The Morgan fingerprint density at radius 2 is 1.90 bits per heavy atom. The molecule has 0 spiro atoms. The van der Waals surface area contributed by atoms with Crippen molar-refractivity contribution < 1.29 is 9.59 Å². The molecule has 21 heavy (non-hydrogen) atoms. The van der Waals surface area contributed by atoms with Crippen LogP contribution in [0, 0.1) is 0 Å². The molecule has 4 nitrogen and oxygen atoms in total. The van der Waals surface area contributed by atoms with E-state index in [4.69, 9.17) is 11.6 Å². The molecule has 0 aliphatic carbocycles. The third-order valence-corrected chi connectivity index (χ3v) is 4.05. The topological polar surface area (TPSA) is 58.2 Å². The maximum atomic E-state index is 11.7. The molecule has 0 saturated carbocycles. The standard InChI is InChI=1S/C15H15ClN2O2S/c16-12-5-2-1-4-11(12)10-18-14(19)7-8-17-15(20)13-6-3-9-21-13/h1-6,9H,7-8,10H2,(H,17,20)(H,18,19). The third-order valence-electron chi connectivity index (χ3n) is 2.82. The fourth-order valence-corrected chi connectivity index (χ4v) is 2.55. The fraction of sp³-hybridized carbons (Fsp3) is 0.200. The summed E-state index contributed by atoms with van der Waals surface area (Å²) in [5.74, 6) is -0.273. The molecule has 1 aromatic heterocycles. The largest absolute Gasteiger partial charge is 0.352 e. The Hall–Kier alpha value is -1.85. The second-order valence-corrected chi connectivity index (χ2v) is 5.71. The van der Waals surface area contributed by atoms with Crippen LogP contribution in [0.5, 0.6) is 0 Å². The molecule has 2 amide bonds. The van der Waals surface area contributed by atoms with Crippen LogP contribution in [-0.4, -0.2) is 18.4 Å². The first-order chi connectivity index (χ1) is 10.2. The molecule has 6 heteroatoms. The van der Waals surface area contributed by atoms with Gasteiger partial charge in [0.1, 0.15) is 0 Å². The number of nitrogens with one attached hydrogen (secondary N) is 2. The third kappa shape index (κ3) is 4.88. The van der Waals surface area contributed by atoms with Crippen LogP contribution in [-0.2, 0) is 11.3 Å². The van der Waals surface area contributed by atoms with E-state index in [-0.39, 0.29) is 18.2 Å². The number of thiophene rings is 1. The zero-order valence-corrected chi connectivity index (χ0v) is 12.8. The minimum atomic E-state index is -0.149. The number of carbonyl (C=O) groups is 2. The zero-order valence-electron chi connectivity index (χ0n) is 11.3. The SMILES string of the molecule is O=C(CCNC(=O)c1cccs1)NCc1ccccc1Cl. The molecular weight excluding hydrogens is 308 g/mol. The van der Waals surface area contributed by atoms with Crippen LogP contribution in [0.4, 0.5) is 0 Å². The van der Waals surface area contributed by atoms with Gasteiger partial charge in [0.25, 0.3) is 5.91 Å². The quantitative estimate of drug-likeness (QED) is 0.859. The summed E-state index contributed by atoms with van der Waals surface area (Å²) in [7, 11) is 0. The predicted molar refractivity (Wildman–Crippen MR) is 84.6 cm³/mol. The molecule has 0 saturated heterocycles. The van der Waals surface area contributed by atoms with E-state index < -0.39 is 0 Å². The molecule has 2 rings (SSSR count). The monoisotopic (exact) mass is 322 g/mol. The Labute approximate surface area is 132 Å². The van der Waals surface area contributed by atoms with Crippen molar-refractivity contribution in [2.45, 2.75) is 13.0 Å². The minimum absolute atomic E-state index is 0.124. The van der Waals surface area contributed by atoms with Crippen LogP contribution in [0.3, 0.4) is 0 Å². The number of amides is 2. The van der Waals surface area contributed by atoms with E-state index in [0.717, 1.165) is 5.56 Å². The van der Waals surface area contributed by atoms with Gasteiger partial charge in [-0.15, -0.1) is 11.3 Å². The first kappa shape index (κ1) is 15.5. The smallest absolute Gasteiger partial charge is 0.261 e. The molecule has 2 N–H and O–H groups in total. The highest BCUT2D eigenvalue weighted by Gasteiger charge is 2.07. The number of rotatable bonds is 6. The first-order valence-electron chi connectivity index (χ1n) is 6.48. The van der Waals surface area contributed by atoms with Crippen LogP contribution in [0.25, 0.3) is 0 Å². The van der Waals surface area contributed by atoms with Crippen molar-refractivity contribution in [1.82, 2.24) is 10.6 Å². The van der Waals surface area contributed by atoms with Gasteiger partial charge >= 0.3 is 0 Å². The summed E-state index contributed by atoms with van der Waals surface area (Å²) in [4.78, 5) is 24.0. The zero-order chi connectivity index (χ0) is 15.1. The van der Waals surface area contributed by atoms with Gasteiger partial charge in [0.2, 0.25) is 5.91 Å². The summed E-state index contributed by atoms with van der Waals surface area (Å²) >= 11 is 7.38. The number of hydrogen-bond donors (Lipinski definition) is 2. The second-order valence-electron chi connectivity index (χ2n) is 4.35. The van der Waals surface area contributed by atoms with E-state index >= 15 is 0 Å². The summed E-state index contributed by atoms with van der Waals surface area (Å²) in [6.07, 6.45) is 0.238. The normalized spacial score (nSPS) is 10.1. The van der Waals surface area contributed by atoms with Gasteiger partial charge in [-0.1, -0.05) is 35.9 Å². The van der Waals surface area contributed by atoms with Crippen molar-refractivity contribution >= 4 is 34.8 Å². The van der Waals surface area contributed by atoms with Crippen molar-refractivity contribution in [3.05, 3.63) is 57.2 Å². The number of halogens is 1. The van der Waals surface area contributed by atoms with Crippen molar-refractivity contribution in [1.29, 1.82) is 0 Å². The second kappa shape index (κ2) is 7.81. The molecular formula is C15H15ClN2O2S. The van der Waals surface area contributed by atoms with Gasteiger partial charge in [-0.05, 0) is 23.1 Å². The lowest BCUT2D eigenvalue weighted by atomic mass is 10.2. The van der Waals surface area contributed by atoms with E-state index in [2.05, 4.69) is 10.6 Å². The van der Waals surface area contributed by atoms with Crippen LogP contribution in [0.15, 0.2) is 41.8 Å². The van der Waals surface area contributed by atoms with Gasteiger partial charge in [0.05, 0.1) is 4.88 Å². The predicted octanol–water partition coefficient (Wildman–Crippen LogP) is 2.84. The summed E-state index contributed by atoms with van der Waals surface area (Å²) in [5.41, 5.74) is 0.870. The molecule has 2 aromatic rings. The van der Waals surface area contributed by atoms with Crippen molar-refractivity contribution in [3.63, 3.8) is 0 Å². The summed E-state index contributed by atoms with van der Waals surface area (Å²) in [6.45, 7) is 0.697. The van der Waals surface area contributed by atoms with Gasteiger partial charge < -0.3 is 10.6 Å². The lowest BCUT2D eigenvalue weighted by Crippen LogP contribution is -2.30. The lowest BCUT2D eigenvalue weighted by Gasteiger charge is -2.07. The Balaban J connectivity index is 1.68. The van der Waals surface area contributed by atoms with Crippen LogP contribution in [0.2, 0.25) is 5.02 Å². The number of hydrogen-bond acceptors (Lipinski definition) is 3. The molecule has 0 aliphatic rings. The average Bonchev–Trinajstić information content (AvgIpc) is 3.00. The fourth-order valence-electron chi connectivity index (χ4n) is 1.71. The number of benzene rings is 1. The van der Waals surface area contributed by atoms with Crippen molar-refractivity contribution in [2.75, 3.05) is 6.54 Å². The van der Waals surface area contributed by atoms with E-state index in [1.54, 1.807) is 12.1 Å². The maximum absolute atomic E-state index is 11.7. The summed E-state index contributed by atoms with van der Waals surface area (Å²) in [6, 6.07) is 10.9. The molecule has 0 aliphatic heterocycles. The molecule has 0 fully saturated rings. The van der Waals surface area contributed by atoms with E-state index in [9.17, 15) is 9.59 Å². The Morgan fingerprint density at radius 3 is 2.62 bits per heavy atom. The Bertz CT molecular complexity index is 614. The Kier molecular flexibility index (Phi) is 5.78. The number of carbonyl (C=O) groups excluding carboxylic acids is 2. The van der Waals surface area contributed by atoms with Crippen LogP contribution >= 0.6 is 22.9 Å². The van der Waals surface area contributed by atoms with E-state index in [0.29, 0.717) is 23.0 Å². The molecule has 1 heterocycles.